The molecule has 4 heteroatoms. The van der Waals surface area contributed by atoms with Gasteiger partial charge in [-0.15, -0.1) is 0 Å². The SMILES string of the molecule is O=C(O)c1cccc2cccc(C(=O)NCC3CC3)c12. The number of aromatic carboxylic acids is 1. The zero-order valence-electron chi connectivity index (χ0n) is 10.9. The number of rotatable bonds is 4. The molecule has 2 aromatic rings. The number of hydrogen-bond acceptors (Lipinski definition) is 2. The molecule has 0 saturated heterocycles. The van der Waals surface area contributed by atoms with Gasteiger partial charge in [0.05, 0.1) is 5.56 Å². The maximum Gasteiger partial charge on any atom is 0.336 e. The summed E-state index contributed by atoms with van der Waals surface area (Å²) in [7, 11) is 0. The molecule has 4 nitrogen and oxygen atoms in total. The summed E-state index contributed by atoms with van der Waals surface area (Å²) in [4.78, 5) is 23.6. The molecular weight excluding hydrogens is 254 g/mol. The fourth-order valence-electron chi connectivity index (χ4n) is 2.36. The molecule has 1 aliphatic carbocycles. The first-order valence-electron chi connectivity index (χ1n) is 6.70. The van der Waals surface area contributed by atoms with Gasteiger partial charge in [-0.3, -0.25) is 4.79 Å². The van der Waals surface area contributed by atoms with E-state index in [4.69, 9.17) is 0 Å². The third kappa shape index (κ3) is 2.37. The Balaban J connectivity index is 2.04. The molecule has 1 saturated carbocycles. The fraction of sp³-hybridized carbons (Fsp3) is 0.250. The van der Waals surface area contributed by atoms with Gasteiger partial charge in [-0.1, -0.05) is 24.3 Å². The van der Waals surface area contributed by atoms with E-state index in [0.717, 1.165) is 18.2 Å². The molecule has 0 atom stereocenters. The molecule has 0 radical (unpaired) electrons. The minimum absolute atomic E-state index is 0.166. The Kier molecular flexibility index (Phi) is 3.14. The van der Waals surface area contributed by atoms with Crippen LogP contribution in [0.5, 0.6) is 0 Å². The number of fused-ring (bicyclic) bond motifs is 1. The van der Waals surface area contributed by atoms with Crippen molar-refractivity contribution in [2.45, 2.75) is 12.8 Å². The van der Waals surface area contributed by atoms with Gasteiger partial charge in [-0.05, 0) is 36.3 Å². The van der Waals surface area contributed by atoms with Crippen LogP contribution in [0.3, 0.4) is 0 Å². The molecule has 0 bridgehead atoms. The van der Waals surface area contributed by atoms with Crippen molar-refractivity contribution in [3.63, 3.8) is 0 Å². The lowest BCUT2D eigenvalue weighted by molar-refractivity contribution is 0.0699. The molecule has 0 unspecified atom stereocenters. The number of hydrogen-bond donors (Lipinski definition) is 2. The molecule has 1 amide bonds. The van der Waals surface area contributed by atoms with E-state index < -0.39 is 5.97 Å². The van der Waals surface area contributed by atoms with Gasteiger partial charge >= 0.3 is 5.97 Å². The van der Waals surface area contributed by atoms with Crippen molar-refractivity contribution in [1.82, 2.24) is 5.32 Å². The number of amides is 1. The first-order valence-corrected chi connectivity index (χ1v) is 6.70. The van der Waals surface area contributed by atoms with Crippen molar-refractivity contribution in [3.8, 4) is 0 Å². The summed E-state index contributed by atoms with van der Waals surface area (Å²) in [6, 6.07) is 10.3. The van der Waals surface area contributed by atoms with Gasteiger partial charge in [0.15, 0.2) is 0 Å². The summed E-state index contributed by atoms with van der Waals surface area (Å²) in [5.41, 5.74) is 0.598. The lowest BCUT2D eigenvalue weighted by Crippen LogP contribution is -2.26. The fourth-order valence-corrected chi connectivity index (χ4v) is 2.36. The Labute approximate surface area is 116 Å². The highest BCUT2D eigenvalue weighted by Crippen LogP contribution is 2.28. The molecule has 0 heterocycles. The van der Waals surface area contributed by atoms with Crippen molar-refractivity contribution >= 4 is 22.6 Å². The van der Waals surface area contributed by atoms with E-state index in [1.807, 2.05) is 12.1 Å². The Bertz CT molecular complexity index is 684. The van der Waals surface area contributed by atoms with Crippen molar-refractivity contribution in [3.05, 3.63) is 47.5 Å². The summed E-state index contributed by atoms with van der Waals surface area (Å²) in [6.07, 6.45) is 2.33. The van der Waals surface area contributed by atoms with E-state index in [1.54, 1.807) is 18.2 Å². The largest absolute Gasteiger partial charge is 0.478 e. The van der Waals surface area contributed by atoms with Crippen molar-refractivity contribution in [2.24, 2.45) is 5.92 Å². The number of nitrogens with one attached hydrogen (secondary N) is 1. The number of carboxylic acids is 1. The first kappa shape index (κ1) is 12.7. The normalized spacial score (nSPS) is 14.2. The van der Waals surface area contributed by atoms with Crippen LogP contribution in [0.25, 0.3) is 10.8 Å². The molecule has 1 aliphatic rings. The van der Waals surface area contributed by atoms with Gasteiger partial charge in [0.1, 0.15) is 0 Å². The van der Waals surface area contributed by atoms with Crippen LogP contribution in [-0.4, -0.2) is 23.5 Å². The minimum Gasteiger partial charge on any atom is -0.478 e. The van der Waals surface area contributed by atoms with Gasteiger partial charge in [0.25, 0.3) is 5.91 Å². The Morgan fingerprint density at radius 3 is 2.35 bits per heavy atom. The molecule has 1 fully saturated rings. The van der Waals surface area contributed by atoms with E-state index in [9.17, 15) is 14.7 Å². The second-order valence-electron chi connectivity index (χ2n) is 5.17. The monoisotopic (exact) mass is 269 g/mol. The third-order valence-electron chi connectivity index (χ3n) is 3.63. The Hall–Kier alpha value is -2.36. The summed E-state index contributed by atoms with van der Waals surface area (Å²) in [5, 5.41) is 13.5. The smallest absolute Gasteiger partial charge is 0.336 e. The molecule has 20 heavy (non-hydrogen) atoms. The van der Waals surface area contributed by atoms with Gasteiger partial charge < -0.3 is 10.4 Å². The van der Waals surface area contributed by atoms with Crippen LogP contribution in [0.15, 0.2) is 36.4 Å². The van der Waals surface area contributed by atoms with E-state index in [1.165, 1.54) is 6.07 Å². The first-order chi connectivity index (χ1) is 9.66. The number of benzene rings is 2. The lowest BCUT2D eigenvalue weighted by atomic mass is 9.98. The molecule has 102 valence electrons. The highest BCUT2D eigenvalue weighted by molar-refractivity contribution is 6.14. The number of carbonyl (C=O) groups excluding carboxylic acids is 1. The van der Waals surface area contributed by atoms with Crippen molar-refractivity contribution < 1.29 is 14.7 Å². The van der Waals surface area contributed by atoms with Crippen LogP contribution in [0.4, 0.5) is 0 Å². The Morgan fingerprint density at radius 2 is 1.75 bits per heavy atom. The van der Waals surface area contributed by atoms with Crippen LogP contribution < -0.4 is 5.32 Å². The van der Waals surface area contributed by atoms with E-state index in [0.29, 0.717) is 23.4 Å². The summed E-state index contributed by atoms with van der Waals surface area (Å²) in [6.45, 7) is 0.671. The third-order valence-corrected chi connectivity index (χ3v) is 3.63. The maximum atomic E-state index is 12.3. The van der Waals surface area contributed by atoms with E-state index in [2.05, 4.69) is 5.32 Å². The lowest BCUT2D eigenvalue weighted by Gasteiger charge is -2.09. The standard InChI is InChI=1S/C16H15NO3/c18-15(17-9-10-7-8-10)12-5-1-3-11-4-2-6-13(14(11)12)16(19)20/h1-6,10H,7-9H2,(H,17,18)(H,19,20). The second kappa shape index (κ2) is 4.96. The van der Waals surface area contributed by atoms with Crippen molar-refractivity contribution in [2.75, 3.05) is 6.54 Å². The van der Waals surface area contributed by atoms with E-state index >= 15 is 0 Å². The quantitative estimate of drug-likeness (QED) is 0.896. The maximum absolute atomic E-state index is 12.3. The summed E-state index contributed by atoms with van der Waals surface area (Å²) >= 11 is 0. The molecule has 2 N–H and O–H groups in total. The minimum atomic E-state index is -1.02. The number of carbonyl (C=O) groups is 2. The predicted octanol–water partition coefficient (Wildman–Crippen LogP) is 2.68. The van der Waals surface area contributed by atoms with Crippen LogP contribution >= 0.6 is 0 Å². The zero-order valence-corrected chi connectivity index (χ0v) is 10.9. The van der Waals surface area contributed by atoms with Crippen LogP contribution in [0, 0.1) is 5.92 Å². The van der Waals surface area contributed by atoms with Crippen LogP contribution in [-0.2, 0) is 0 Å². The highest BCUT2D eigenvalue weighted by Gasteiger charge is 2.23. The van der Waals surface area contributed by atoms with Gasteiger partial charge in [-0.2, -0.15) is 0 Å². The molecule has 0 spiro atoms. The Morgan fingerprint density at radius 1 is 1.10 bits per heavy atom. The predicted molar refractivity (Wildman–Crippen MR) is 76.0 cm³/mol. The molecular formula is C16H15NO3. The molecule has 0 aromatic heterocycles. The number of carboxylic acid groups (broad SMARTS) is 1. The van der Waals surface area contributed by atoms with Gasteiger partial charge in [0.2, 0.25) is 0 Å². The van der Waals surface area contributed by atoms with Gasteiger partial charge in [0, 0.05) is 17.5 Å². The average molecular weight is 269 g/mol. The van der Waals surface area contributed by atoms with Crippen LogP contribution in [0.1, 0.15) is 33.6 Å². The zero-order chi connectivity index (χ0) is 14.1. The molecule has 3 rings (SSSR count). The molecule has 0 aliphatic heterocycles. The average Bonchev–Trinajstić information content (AvgIpc) is 3.27. The van der Waals surface area contributed by atoms with Gasteiger partial charge in [-0.25, -0.2) is 4.79 Å². The highest BCUT2D eigenvalue weighted by atomic mass is 16.4. The summed E-state index contributed by atoms with van der Waals surface area (Å²) in [5.74, 6) is -0.623. The second-order valence-corrected chi connectivity index (χ2v) is 5.17. The van der Waals surface area contributed by atoms with Crippen molar-refractivity contribution in [1.29, 1.82) is 0 Å². The van der Waals surface area contributed by atoms with E-state index in [-0.39, 0.29) is 11.5 Å². The summed E-state index contributed by atoms with van der Waals surface area (Å²) < 4.78 is 0. The topological polar surface area (TPSA) is 66.4 Å². The molecule has 2 aromatic carbocycles. The van der Waals surface area contributed by atoms with Crippen LogP contribution in [0.2, 0.25) is 0 Å².